The fourth-order valence-electron chi connectivity index (χ4n) is 4.48. The van der Waals surface area contributed by atoms with Crippen LogP contribution in [0.1, 0.15) is 57.6 Å². The zero-order valence-corrected chi connectivity index (χ0v) is 19.6. The quantitative estimate of drug-likeness (QED) is 0.350. The van der Waals surface area contributed by atoms with Crippen molar-refractivity contribution in [3.05, 3.63) is 118 Å². The fraction of sp³-hybridized carbons (Fsp3) is 0.250. The van der Waals surface area contributed by atoms with E-state index < -0.39 is 0 Å². The number of oxazole rings is 1. The van der Waals surface area contributed by atoms with Crippen molar-refractivity contribution in [1.82, 2.24) is 14.9 Å². The highest BCUT2D eigenvalue weighted by molar-refractivity contribution is 6.31. The van der Waals surface area contributed by atoms with E-state index in [1.807, 2.05) is 53.4 Å². The van der Waals surface area contributed by atoms with Crippen LogP contribution in [0.4, 0.5) is 0 Å². The van der Waals surface area contributed by atoms with Gasteiger partial charge < -0.3 is 9.32 Å². The number of carbonyl (C=O) groups excluding carboxylic acids is 1. The molecular weight excluding hydrogens is 446 g/mol. The second kappa shape index (κ2) is 10.2. The Morgan fingerprint density at radius 1 is 1.03 bits per heavy atom. The Kier molecular flexibility index (Phi) is 6.72. The Balaban J connectivity index is 1.26. The third-order valence-corrected chi connectivity index (χ3v) is 6.61. The van der Waals surface area contributed by atoms with Crippen LogP contribution in [-0.2, 0) is 12.8 Å². The van der Waals surface area contributed by atoms with Crippen LogP contribution in [0.3, 0.4) is 0 Å². The third-order valence-electron chi connectivity index (χ3n) is 6.24. The van der Waals surface area contributed by atoms with E-state index in [1.165, 1.54) is 5.56 Å². The Morgan fingerprint density at radius 2 is 1.85 bits per heavy atom. The molecule has 1 aliphatic heterocycles. The molecule has 2 aromatic heterocycles. The summed E-state index contributed by atoms with van der Waals surface area (Å²) in [6, 6.07) is 21.6. The van der Waals surface area contributed by atoms with Gasteiger partial charge in [-0.3, -0.25) is 9.78 Å². The molecule has 1 atom stereocenters. The lowest BCUT2D eigenvalue weighted by Gasteiger charge is -2.31. The van der Waals surface area contributed by atoms with Crippen LogP contribution >= 0.6 is 11.6 Å². The molecule has 3 heterocycles. The van der Waals surface area contributed by atoms with Crippen molar-refractivity contribution in [2.24, 2.45) is 0 Å². The Morgan fingerprint density at radius 3 is 2.71 bits per heavy atom. The molecule has 1 saturated heterocycles. The lowest BCUT2D eigenvalue weighted by molar-refractivity contribution is 0.0697. The van der Waals surface area contributed by atoms with Crippen LogP contribution in [0.5, 0.6) is 0 Å². The summed E-state index contributed by atoms with van der Waals surface area (Å²) in [5, 5.41) is 0.721. The lowest BCUT2D eigenvalue weighted by atomic mass is 9.97. The van der Waals surface area contributed by atoms with Crippen molar-refractivity contribution in [3.8, 4) is 0 Å². The molecule has 34 heavy (non-hydrogen) atoms. The molecule has 1 aliphatic rings. The molecule has 6 heteroatoms. The summed E-state index contributed by atoms with van der Waals surface area (Å²) < 4.78 is 6.08. The van der Waals surface area contributed by atoms with Crippen molar-refractivity contribution in [3.63, 3.8) is 0 Å². The molecule has 172 valence electrons. The average molecular weight is 472 g/mol. The molecule has 2 aromatic carbocycles. The third kappa shape index (κ3) is 5.20. The second-order valence-electron chi connectivity index (χ2n) is 8.72. The average Bonchev–Trinajstić information content (AvgIpc) is 3.35. The molecular formula is C28H26ClN3O2. The number of hydrogen-bond acceptors (Lipinski definition) is 4. The minimum Gasteiger partial charge on any atom is -0.445 e. The molecule has 0 aliphatic carbocycles. The van der Waals surface area contributed by atoms with E-state index in [1.54, 1.807) is 18.5 Å². The predicted octanol–water partition coefficient (Wildman–Crippen LogP) is 5.92. The number of piperidine rings is 1. The number of nitrogens with zero attached hydrogens (tertiary/aromatic N) is 3. The Labute approximate surface area is 204 Å². The first-order valence-corrected chi connectivity index (χ1v) is 12.0. The standard InChI is InChI=1S/C28H26ClN3O2/c29-26-11-5-4-9-21(26)17-25-18-31-27(34-25)23-10-6-14-32(19-23)28(33)22-12-13-30-24(16-22)15-20-7-2-1-3-8-20/h1-5,7-9,11-13,16,18,23H,6,10,14-15,17,19H2/t23-/m0/s1. The number of rotatable bonds is 6. The van der Waals surface area contributed by atoms with Gasteiger partial charge in [-0.15, -0.1) is 0 Å². The van der Waals surface area contributed by atoms with Gasteiger partial charge in [0.25, 0.3) is 5.91 Å². The van der Waals surface area contributed by atoms with Crippen LogP contribution in [0, 0.1) is 0 Å². The predicted molar refractivity (Wildman–Crippen MR) is 132 cm³/mol. The minimum absolute atomic E-state index is 0.0317. The van der Waals surface area contributed by atoms with E-state index in [9.17, 15) is 4.79 Å². The number of likely N-dealkylation sites (tertiary alicyclic amines) is 1. The first-order valence-electron chi connectivity index (χ1n) is 11.6. The zero-order valence-electron chi connectivity index (χ0n) is 18.9. The Bertz CT molecular complexity index is 1270. The summed E-state index contributed by atoms with van der Waals surface area (Å²) in [4.78, 5) is 24.2. The van der Waals surface area contributed by atoms with Crippen molar-refractivity contribution in [2.75, 3.05) is 13.1 Å². The highest BCUT2D eigenvalue weighted by atomic mass is 35.5. The van der Waals surface area contributed by atoms with Gasteiger partial charge >= 0.3 is 0 Å². The van der Waals surface area contributed by atoms with E-state index in [0.29, 0.717) is 30.8 Å². The maximum atomic E-state index is 13.3. The number of amides is 1. The molecule has 4 aromatic rings. The topological polar surface area (TPSA) is 59.2 Å². The van der Waals surface area contributed by atoms with Gasteiger partial charge in [0.1, 0.15) is 5.76 Å². The normalized spacial score (nSPS) is 15.9. The van der Waals surface area contributed by atoms with Crippen molar-refractivity contribution < 1.29 is 9.21 Å². The molecule has 0 unspecified atom stereocenters. The van der Waals surface area contributed by atoms with E-state index in [0.717, 1.165) is 41.4 Å². The van der Waals surface area contributed by atoms with Crippen LogP contribution in [0.2, 0.25) is 5.02 Å². The maximum Gasteiger partial charge on any atom is 0.253 e. The van der Waals surface area contributed by atoms with Crippen molar-refractivity contribution in [2.45, 2.75) is 31.6 Å². The molecule has 5 nitrogen and oxygen atoms in total. The summed E-state index contributed by atoms with van der Waals surface area (Å²) in [5.41, 5.74) is 3.75. The number of aromatic nitrogens is 2. The summed E-state index contributed by atoms with van der Waals surface area (Å²) >= 11 is 6.29. The van der Waals surface area contributed by atoms with Crippen LogP contribution in [0.15, 0.2) is 83.5 Å². The van der Waals surface area contributed by atoms with Crippen LogP contribution < -0.4 is 0 Å². The van der Waals surface area contributed by atoms with E-state index >= 15 is 0 Å². The van der Waals surface area contributed by atoms with Crippen molar-refractivity contribution in [1.29, 1.82) is 0 Å². The van der Waals surface area contributed by atoms with Gasteiger partial charge in [0.15, 0.2) is 5.89 Å². The summed E-state index contributed by atoms with van der Waals surface area (Å²) in [6.07, 6.45) is 6.67. The number of hydrogen-bond donors (Lipinski definition) is 0. The van der Waals surface area contributed by atoms with Gasteiger partial charge in [0.05, 0.1) is 12.1 Å². The molecule has 0 saturated carbocycles. The molecule has 0 spiro atoms. The SMILES string of the molecule is O=C(c1ccnc(Cc2ccccc2)c1)N1CCC[C@H](c2ncc(Cc3ccccc3Cl)o2)C1. The second-order valence-corrected chi connectivity index (χ2v) is 9.13. The first kappa shape index (κ1) is 22.4. The van der Waals surface area contributed by atoms with Gasteiger partial charge in [-0.05, 0) is 42.2 Å². The number of carbonyl (C=O) groups is 1. The zero-order chi connectivity index (χ0) is 23.3. The van der Waals surface area contributed by atoms with Crippen LogP contribution in [-0.4, -0.2) is 33.9 Å². The van der Waals surface area contributed by atoms with Gasteiger partial charge in [0, 0.05) is 48.4 Å². The monoisotopic (exact) mass is 471 g/mol. The molecule has 0 radical (unpaired) electrons. The van der Waals surface area contributed by atoms with Crippen LogP contribution in [0.25, 0.3) is 0 Å². The molecule has 0 N–H and O–H groups in total. The summed E-state index contributed by atoms with van der Waals surface area (Å²) in [6.45, 7) is 1.33. The van der Waals surface area contributed by atoms with Crippen molar-refractivity contribution >= 4 is 17.5 Å². The first-order chi connectivity index (χ1) is 16.7. The van der Waals surface area contributed by atoms with Gasteiger partial charge in [-0.2, -0.15) is 0 Å². The maximum absolute atomic E-state index is 13.3. The molecule has 5 rings (SSSR count). The molecule has 1 fully saturated rings. The summed E-state index contributed by atoms with van der Waals surface area (Å²) in [7, 11) is 0. The van der Waals surface area contributed by atoms with Gasteiger partial charge in [-0.1, -0.05) is 60.1 Å². The fourth-order valence-corrected chi connectivity index (χ4v) is 4.68. The van der Waals surface area contributed by atoms with Gasteiger partial charge in [-0.25, -0.2) is 4.98 Å². The Hall–Kier alpha value is -3.44. The molecule has 1 amide bonds. The van der Waals surface area contributed by atoms with E-state index in [4.69, 9.17) is 16.0 Å². The molecule has 0 bridgehead atoms. The largest absolute Gasteiger partial charge is 0.445 e. The highest BCUT2D eigenvalue weighted by Gasteiger charge is 2.28. The number of pyridine rings is 1. The lowest BCUT2D eigenvalue weighted by Crippen LogP contribution is -2.39. The van der Waals surface area contributed by atoms with Gasteiger partial charge in [0.2, 0.25) is 0 Å². The number of benzene rings is 2. The van der Waals surface area contributed by atoms with E-state index in [-0.39, 0.29) is 11.8 Å². The highest BCUT2D eigenvalue weighted by Crippen LogP contribution is 2.29. The minimum atomic E-state index is 0.0317. The number of halogens is 1. The van der Waals surface area contributed by atoms with E-state index in [2.05, 4.69) is 22.1 Å². The smallest absolute Gasteiger partial charge is 0.253 e. The summed E-state index contributed by atoms with van der Waals surface area (Å²) in [5.74, 6) is 1.60.